The average Bonchev–Trinajstić information content (AvgIpc) is 2.29. The second-order valence-corrected chi connectivity index (χ2v) is 3.89. The number of aromatic nitrogens is 1. The predicted molar refractivity (Wildman–Crippen MR) is 65.8 cm³/mol. The number of carboxylic acid groups (broad SMARTS) is 1. The first-order valence-electron chi connectivity index (χ1n) is 5.35. The lowest BCUT2D eigenvalue weighted by Crippen LogP contribution is -2.26. The van der Waals surface area contributed by atoms with Crippen molar-refractivity contribution in [1.82, 2.24) is 4.98 Å². The van der Waals surface area contributed by atoms with Crippen molar-refractivity contribution in [1.29, 1.82) is 0 Å². The molecule has 1 aromatic rings. The number of hydrogen-bond acceptors (Lipinski definition) is 4. The van der Waals surface area contributed by atoms with Crippen molar-refractivity contribution >= 4 is 23.4 Å². The number of aromatic carboxylic acids is 1. The third kappa shape index (κ3) is 3.87. The molecule has 0 spiro atoms. The second-order valence-electron chi connectivity index (χ2n) is 3.50. The monoisotopic (exact) mass is 258 g/mol. The van der Waals surface area contributed by atoms with Gasteiger partial charge in [0.05, 0.1) is 5.56 Å². The summed E-state index contributed by atoms with van der Waals surface area (Å²) in [5.74, 6) is -0.514. The summed E-state index contributed by atoms with van der Waals surface area (Å²) < 4.78 is 0. The molecule has 0 unspecified atom stereocenters. The lowest BCUT2D eigenvalue weighted by atomic mass is 10.2. The van der Waals surface area contributed by atoms with Gasteiger partial charge in [0.1, 0.15) is 11.0 Å². The molecule has 0 aliphatic heterocycles. The van der Waals surface area contributed by atoms with Crippen LogP contribution >= 0.6 is 11.6 Å². The van der Waals surface area contributed by atoms with Gasteiger partial charge in [-0.3, -0.25) is 0 Å². The summed E-state index contributed by atoms with van der Waals surface area (Å²) in [7, 11) is 0. The van der Waals surface area contributed by atoms with Gasteiger partial charge in [0.2, 0.25) is 0 Å². The van der Waals surface area contributed by atoms with E-state index in [4.69, 9.17) is 21.8 Å². The summed E-state index contributed by atoms with van der Waals surface area (Å²) in [5, 5.41) is 17.9. The van der Waals surface area contributed by atoms with Crippen LogP contribution < -0.4 is 4.90 Å². The minimum atomic E-state index is -1.03. The fourth-order valence-corrected chi connectivity index (χ4v) is 1.67. The topological polar surface area (TPSA) is 73.7 Å². The van der Waals surface area contributed by atoms with Gasteiger partial charge in [-0.05, 0) is 25.5 Å². The number of pyridine rings is 1. The van der Waals surface area contributed by atoms with Crippen LogP contribution in [-0.2, 0) is 0 Å². The zero-order chi connectivity index (χ0) is 12.8. The van der Waals surface area contributed by atoms with Gasteiger partial charge in [-0.2, -0.15) is 0 Å². The SMILES string of the molecule is CCN(CCCO)c1cc(C(=O)O)cc(Cl)n1. The number of nitrogens with zero attached hydrogens (tertiary/aromatic N) is 2. The van der Waals surface area contributed by atoms with E-state index in [9.17, 15) is 4.79 Å². The maximum atomic E-state index is 10.9. The van der Waals surface area contributed by atoms with Crippen molar-refractivity contribution in [2.75, 3.05) is 24.6 Å². The van der Waals surface area contributed by atoms with Crippen LogP contribution in [0.2, 0.25) is 5.15 Å². The highest BCUT2D eigenvalue weighted by Gasteiger charge is 2.11. The number of aliphatic hydroxyl groups is 1. The maximum absolute atomic E-state index is 10.9. The summed E-state index contributed by atoms with van der Waals surface area (Å²) in [5.41, 5.74) is 0.113. The van der Waals surface area contributed by atoms with Crippen LogP contribution in [0.3, 0.4) is 0 Å². The van der Waals surface area contributed by atoms with Crippen molar-refractivity contribution in [3.8, 4) is 0 Å². The van der Waals surface area contributed by atoms with Crippen molar-refractivity contribution in [2.45, 2.75) is 13.3 Å². The zero-order valence-corrected chi connectivity index (χ0v) is 10.3. The van der Waals surface area contributed by atoms with Crippen LogP contribution in [0.5, 0.6) is 0 Å². The van der Waals surface area contributed by atoms with E-state index in [0.29, 0.717) is 25.3 Å². The maximum Gasteiger partial charge on any atom is 0.335 e. The summed E-state index contributed by atoms with van der Waals surface area (Å²) in [4.78, 5) is 16.8. The molecule has 0 fully saturated rings. The normalized spacial score (nSPS) is 10.3. The van der Waals surface area contributed by atoms with Crippen molar-refractivity contribution in [2.24, 2.45) is 0 Å². The lowest BCUT2D eigenvalue weighted by Gasteiger charge is -2.21. The smallest absolute Gasteiger partial charge is 0.335 e. The van der Waals surface area contributed by atoms with E-state index in [1.54, 1.807) is 0 Å². The Kier molecular flexibility index (Phi) is 5.18. The molecule has 0 radical (unpaired) electrons. The highest BCUT2D eigenvalue weighted by Crippen LogP contribution is 2.18. The molecule has 5 nitrogen and oxygen atoms in total. The van der Waals surface area contributed by atoms with Crippen LogP contribution in [-0.4, -0.2) is 40.9 Å². The summed E-state index contributed by atoms with van der Waals surface area (Å²) in [6, 6.07) is 2.79. The molecule has 0 aromatic carbocycles. The molecule has 1 rings (SSSR count). The Labute approximate surface area is 105 Å². The number of halogens is 1. The molecule has 6 heteroatoms. The van der Waals surface area contributed by atoms with Crippen LogP contribution in [0.25, 0.3) is 0 Å². The molecule has 0 amide bonds. The average molecular weight is 259 g/mol. The molecular formula is C11H15ClN2O3. The third-order valence-electron chi connectivity index (χ3n) is 2.32. The number of carboxylic acids is 1. The van der Waals surface area contributed by atoms with Crippen molar-refractivity contribution < 1.29 is 15.0 Å². The van der Waals surface area contributed by atoms with Gasteiger partial charge in [0, 0.05) is 19.7 Å². The van der Waals surface area contributed by atoms with Gasteiger partial charge in [0.15, 0.2) is 0 Å². The quantitative estimate of drug-likeness (QED) is 0.759. The molecule has 0 aliphatic rings. The number of anilines is 1. The van der Waals surface area contributed by atoms with Crippen LogP contribution in [0.15, 0.2) is 12.1 Å². The molecule has 1 heterocycles. The molecule has 0 atom stereocenters. The Balaban J connectivity index is 2.98. The molecule has 0 saturated carbocycles. The third-order valence-corrected chi connectivity index (χ3v) is 2.51. The fraction of sp³-hybridized carbons (Fsp3) is 0.455. The van der Waals surface area contributed by atoms with Gasteiger partial charge in [0.25, 0.3) is 0 Å². The Morgan fingerprint density at radius 3 is 2.76 bits per heavy atom. The van der Waals surface area contributed by atoms with Gasteiger partial charge < -0.3 is 15.1 Å². The lowest BCUT2D eigenvalue weighted by molar-refractivity contribution is 0.0696. The van der Waals surface area contributed by atoms with Crippen LogP contribution in [0.4, 0.5) is 5.82 Å². The highest BCUT2D eigenvalue weighted by molar-refractivity contribution is 6.29. The first-order valence-corrected chi connectivity index (χ1v) is 5.73. The first kappa shape index (κ1) is 13.7. The molecule has 0 bridgehead atoms. The van der Waals surface area contributed by atoms with Crippen LogP contribution in [0, 0.1) is 0 Å². The molecule has 94 valence electrons. The molecule has 0 aliphatic carbocycles. The highest BCUT2D eigenvalue weighted by atomic mass is 35.5. The standard InChI is InChI=1S/C11H15ClN2O3/c1-2-14(4-3-5-15)10-7-8(11(16)17)6-9(12)13-10/h6-7,15H,2-5H2,1H3,(H,16,17). The number of aliphatic hydroxyl groups excluding tert-OH is 1. The van der Waals surface area contributed by atoms with Crippen molar-refractivity contribution in [3.63, 3.8) is 0 Å². The Bertz CT molecular complexity index is 398. The summed E-state index contributed by atoms with van der Waals surface area (Å²) in [6.45, 7) is 3.30. The number of hydrogen-bond donors (Lipinski definition) is 2. The van der Waals surface area contributed by atoms with Gasteiger partial charge in [-0.15, -0.1) is 0 Å². The van der Waals surface area contributed by atoms with E-state index in [0.717, 1.165) is 0 Å². The van der Waals surface area contributed by atoms with E-state index in [-0.39, 0.29) is 17.3 Å². The predicted octanol–water partition coefficient (Wildman–Crippen LogP) is 1.64. The Hall–Kier alpha value is -1.33. The summed E-state index contributed by atoms with van der Waals surface area (Å²) in [6.07, 6.45) is 0.602. The molecule has 0 saturated heterocycles. The molecule has 1 aromatic heterocycles. The number of rotatable bonds is 6. The van der Waals surface area contributed by atoms with E-state index < -0.39 is 5.97 Å². The van der Waals surface area contributed by atoms with Crippen molar-refractivity contribution in [3.05, 3.63) is 22.8 Å². The van der Waals surface area contributed by atoms with E-state index in [2.05, 4.69) is 4.98 Å². The Morgan fingerprint density at radius 2 is 2.24 bits per heavy atom. The van der Waals surface area contributed by atoms with E-state index in [1.807, 2.05) is 11.8 Å². The molecular weight excluding hydrogens is 244 g/mol. The van der Waals surface area contributed by atoms with E-state index in [1.165, 1.54) is 12.1 Å². The minimum absolute atomic E-state index is 0.0862. The minimum Gasteiger partial charge on any atom is -0.478 e. The fourth-order valence-electron chi connectivity index (χ4n) is 1.46. The molecule has 2 N–H and O–H groups in total. The van der Waals surface area contributed by atoms with Gasteiger partial charge >= 0.3 is 5.97 Å². The largest absolute Gasteiger partial charge is 0.478 e. The zero-order valence-electron chi connectivity index (χ0n) is 9.56. The number of carbonyl (C=O) groups is 1. The summed E-state index contributed by atoms with van der Waals surface area (Å²) >= 11 is 5.78. The van der Waals surface area contributed by atoms with Gasteiger partial charge in [-0.25, -0.2) is 9.78 Å². The second kappa shape index (κ2) is 6.42. The Morgan fingerprint density at radius 1 is 1.53 bits per heavy atom. The molecule has 17 heavy (non-hydrogen) atoms. The van der Waals surface area contributed by atoms with Crippen LogP contribution in [0.1, 0.15) is 23.7 Å². The van der Waals surface area contributed by atoms with E-state index >= 15 is 0 Å². The first-order chi connectivity index (χ1) is 8.08. The van der Waals surface area contributed by atoms with Gasteiger partial charge in [-0.1, -0.05) is 11.6 Å².